The maximum atomic E-state index is 5.77. The van der Waals surface area contributed by atoms with Crippen molar-refractivity contribution in [1.82, 2.24) is 0 Å². The Morgan fingerprint density at radius 2 is 0.815 bits per heavy atom. The normalized spacial score (nSPS) is 11.1. The maximum Gasteiger partial charge on any atom is 0.0466 e. The largest absolute Gasteiger partial charge is 0.381 e. The van der Waals surface area contributed by atoms with Gasteiger partial charge in [0.25, 0.3) is 0 Å². The van der Waals surface area contributed by atoms with Crippen molar-refractivity contribution in [3.63, 3.8) is 0 Å². The zero-order chi connectivity index (χ0) is 19.7. The van der Waals surface area contributed by atoms with Crippen molar-refractivity contribution in [2.24, 2.45) is 0 Å². The van der Waals surface area contributed by atoms with Crippen LogP contribution in [0.4, 0.5) is 0 Å². The molecule has 27 heavy (non-hydrogen) atoms. The van der Waals surface area contributed by atoms with E-state index in [4.69, 9.17) is 4.74 Å². The van der Waals surface area contributed by atoms with E-state index >= 15 is 0 Å². The van der Waals surface area contributed by atoms with Crippen molar-refractivity contribution in [2.45, 2.75) is 142 Å². The molecule has 0 aromatic carbocycles. The van der Waals surface area contributed by atoms with E-state index in [9.17, 15) is 0 Å². The number of rotatable bonds is 24. The molecule has 0 atom stereocenters. The summed E-state index contributed by atoms with van der Waals surface area (Å²) >= 11 is 0. The van der Waals surface area contributed by atoms with Crippen LogP contribution in [0.3, 0.4) is 0 Å². The molecule has 0 heterocycles. The van der Waals surface area contributed by atoms with Crippen molar-refractivity contribution >= 4 is 0 Å². The smallest absolute Gasteiger partial charge is 0.0466 e. The molecule has 0 aliphatic carbocycles. The standard InChI is InChI=1S/C26H52O/c1-3-5-7-9-11-13-14-15-16-17-18-20-22-24-26-27-25-23-21-19-12-10-8-6-4-2/h4H,2-3,5-26H2,1H3. The third-order valence-electron chi connectivity index (χ3n) is 5.59. The number of unbranched alkanes of at least 4 members (excludes halogenated alkanes) is 19. The Morgan fingerprint density at radius 1 is 0.481 bits per heavy atom. The summed E-state index contributed by atoms with van der Waals surface area (Å²) in [6.07, 6.45) is 31.2. The predicted octanol–water partition coefficient (Wildman–Crippen LogP) is 9.40. The summed E-state index contributed by atoms with van der Waals surface area (Å²) < 4.78 is 5.77. The minimum atomic E-state index is 0.977. The quantitative estimate of drug-likeness (QED) is 0.120. The van der Waals surface area contributed by atoms with Gasteiger partial charge in [0.1, 0.15) is 0 Å². The summed E-state index contributed by atoms with van der Waals surface area (Å²) in [6.45, 7) is 8.03. The average molecular weight is 381 g/mol. The van der Waals surface area contributed by atoms with Crippen LogP contribution in [-0.2, 0) is 4.74 Å². The number of allylic oxidation sites excluding steroid dienone is 1. The molecule has 0 amide bonds. The molecule has 0 saturated heterocycles. The first kappa shape index (κ1) is 26.7. The fourth-order valence-electron chi connectivity index (χ4n) is 3.70. The summed E-state index contributed by atoms with van der Waals surface area (Å²) in [7, 11) is 0. The van der Waals surface area contributed by atoms with Gasteiger partial charge < -0.3 is 4.74 Å². The van der Waals surface area contributed by atoms with Crippen LogP contribution < -0.4 is 0 Å². The van der Waals surface area contributed by atoms with Gasteiger partial charge >= 0.3 is 0 Å². The lowest BCUT2D eigenvalue weighted by Crippen LogP contribution is -1.97. The molecule has 0 aromatic rings. The van der Waals surface area contributed by atoms with E-state index in [0.717, 1.165) is 13.2 Å². The third kappa shape index (κ3) is 25.7. The number of hydrogen-bond acceptors (Lipinski definition) is 1. The minimum absolute atomic E-state index is 0.977. The van der Waals surface area contributed by atoms with Crippen LogP contribution in [0, 0.1) is 0 Å². The fraction of sp³-hybridized carbons (Fsp3) is 0.923. The van der Waals surface area contributed by atoms with Gasteiger partial charge in [0.2, 0.25) is 0 Å². The molecule has 0 rings (SSSR count). The van der Waals surface area contributed by atoms with Crippen LogP contribution >= 0.6 is 0 Å². The summed E-state index contributed by atoms with van der Waals surface area (Å²) in [5.41, 5.74) is 0. The molecule has 0 radical (unpaired) electrons. The number of ether oxygens (including phenoxy) is 1. The van der Waals surface area contributed by atoms with Crippen molar-refractivity contribution in [1.29, 1.82) is 0 Å². The average Bonchev–Trinajstić information content (AvgIpc) is 2.68. The van der Waals surface area contributed by atoms with Gasteiger partial charge in [-0.15, -0.1) is 6.58 Å². The molecule has 0 spiro atoms. The van der Waals surface area contributed by atoms with Crippen LogP contribution in [0.25, 0.3) is 0 Å². The van der Waals surface area contributed by atoms with Gasteiger partial charge in [-0.25, -0.2) is 0 Å². The van der Waals surface area contributed by atoms with Crippen molar-refractivity contribution < 1.29 is 4.74 Å². The van der Waals surface area contributed by atoms with Crippen LogP contribution in [0.5, 0.6) is 0 Å². The second-order valence-electron chi connectivity index (χ2n) is 8.41. The van der Waals surface area contributed by atoms with Crippen LogP contribution in [0.1, 0.15) is 142 Å². The van der Waals surface area contributed by atoms with Gasteiger partial charge in [0, 0.05) is 13.2 Å². The second-order valence-corrected chi connectivity index (χ2v) is 8.41. The molecular formula is C26H52O. The highest BCUT2D eigenvalue weighted by molar-refractivity contribution is 4.65. The third-order valence-corrected chi connectivity index (χ3v) is 5.59. The summed E-state index contributed by atoms with van der Waals surface area (Å²) in [4.78, 5) is 0. The zero-order valence-corrected chi connectivity index (χ0v) is 19.0. The van der Waals surface area contributed by atoms with Crippen LogP contribution in [0.2, 0.25) is 0 Å². The van der Waals surface area contributed by atoms with E-state index in [1.807, 2.05) is 6.08 Å². The SMILES string of the molecule is C=CCCCCCCCCOCCCCCCCCCCCCCCCC. The fourth-order valence-corrected chi connectivity index (χ4v) is 3.70. The lowest BCUT2D eigenvalue weighted by molar-refractivity contribution is 0.125. The summed E-state index contributed by atoms with van der Waals surface area (Å²) in [6, 6.07) is 0. The van der Waals surface area contributed by atoms with Gasteiger partial charge in [-0.3, -0.25) is 0 Å². The van der Waals surface area contributed by atoms with Crippen LogP contribution in [0.15, 0.2) is 12.7 Å². The van der Waals surface area contributed by atoms with Crippen LogP contribution in [-0.4, -0.2) is 13.2 Å². The number of hydrogen-bond donors (Lipinski definition) is 0. The molecule has 162 valence electrons. The highest BCUT2D eigenvalue weighted by Crippen LogP contribution is 2.13. The first-order valence-corrected chi connectivity index (χ1v) is 12.6. The molecular weight excluding hydrogens is 328 g/mol. The molecule has 0 N–H and O–H groups in total. The van der Waals surface area contributed by atoms with Gasteiger partial charge in [-0.2, -0.15) is 0 Å². The molecule has 1 heteroatoms. The minimum Gasteiger partial charge on any atom is -0.381 e. The Bertz CT molecular complexity index is 261. The van der Waals surface area contributed by atoms with Gasteiger partial charge in [-0.1, -0.05) is 122 Å². The molecule has 0 fully saturated rings. The second kappa shape index (κ2) is 25.7. The van der Waals surface area contributed by atoms with Crippen molar-refractivity contribution in [2.75, 3.05) is 13.2 Å². The highest BCUT2D eigenvalue weighted by atomic mass is 16.5. The Kier molecular flexibility index (Phi) is 25.4. The first-order chi connectivity index (χ1) is 13.4. The summed E-state index contributed by atoms with van der Waals surface area (Å²) in [5, 5.41) is 0. The van der Waals surface area contributed by atoms with E-state index in [1.54, 1.807) is 0 Å². The Hall–Kier alpha value is -0.300. The Morgan fingerprint density at radius 3 is 1.19 bits per heavy atom. The van der Waals surface area contributed by atoms with Gasteiger partial charge in [-0.05, 0) is 25.7 Å². The van der Waals surface area contributed by atoms with E-state index in [0.29, 0.717) is 0 Å². The molecule has 0 bridgehead atoms. The lowest BCUT2D eigenvalue weighted by Gasteiger charge is -2.05. The topological polar surface area (TPSA) is 9.23 Å². The Balaban J connectivity index is 2.96. The molecule has 0 aliphatic heterocycles. The lowest BCUT2D eigenvalue weighted by atomic mass is 10.0. The molecule has 1 nitrogen and oxygen atoms in total. The van der Waals surface area contributed by atoms with Gasteiger partial charge in [0.05, 0.1) is 0 Å². The monoisotopic (exact) mass is 380 g/mol. The molecule has 0 aromatic heterocycles. The van der Waals surface area contributed by atoms with Gasteiger partial charge in [0.15, 0.2) is 0 Å². The summed E-state index contributed by atoms with van der Waals surface area (Å²) in [5.74, 6) is 0. The van der Waals surface area contributed by atoms with E-state index in [-0.39, 0.29) is 0 Å². The highest BCUT2D eigenvalue weighted by Gasteiger charge is 1.95. The molecule has 0 aliphatic rings. The predicted molar refractivity (Wildman–Crippen MR) is 124 cm³/mol. The molecule has 0 unspecified atom stereocenters. The zero-order valence-electron chi connectivity index (χ0n) is 19.0. The van der Waals surface area contributed by atoms with E-state index in [2.05, 4.69) is 13.5 Å². The van der Waals surface area contributed by atoms with Crippen molar-refractivity contribution in [3.8, 4) is 0 Å². The van der Waals surface area contributed by atoms with Crippen molar-refractivity contribution in [3.05, 3.63) is 12.7 Å². The van der Waals surface area contributed by atoms with E-state index < -0.39 is 0 Å². The maximum absolute atomic E-state index is 5.77. The first-order valence-electron chi connectivity index (χ1n) is 12.6. The van der Waals surface area contributed by atoms with E-state index in [1.165, 1.54) is 135 Å². The molecule has 0 saturated carbocycles. The Labute approximate surface area is 172 Å².